The number of hydrogen-bond acceptors (Lipinski definition) is 6. The fourth-order valence-corrected chi connectivity index (χ4v) is 5.44. The molecule has 2 atom stereocenters. The Bertz CT molecular complexity index is 780. The molecule has 0 unspecified atom stereocenters. The number of amides is 1. The topological polar surface area (TPSA) is 87.4 Å². The minimum absolute atomic E-state index is 0.285. The van der Waals surface area contributed by atoms with Gasteiger partial charge in [0.1, 0.15) is 6.33 Å². The number of nitrogens with one attached hydrogen (secondary N) is 1. The van der Waals surface area contributed by atoms with Gasteiger partial charge in [-0.1, -0.05) is 26.7 Å². The van der Waals surface area contributed by atoms with Crippen LogP contribution in [0, 0.1) is 29.5 Å². The van der Waals surface area contributed by atoms with Crippen LogP contribution in [0.4, 0.5) is 16.0 Å². The highest BCUT2D eigenvalue weighted by Gasteiger charge is 2.35. The van der Waals surface area contributed by atoms with Crippen LogP contribution in [0.1, 0.15) is 58.8 Å². The summed E-state index contributed by atoms with van der Waals surface area (Å²) < 4.78 is 15.5. The van der Waals surface area contributed by atoms with E-state index in [0.29, 0.717) is 48.5 Å². The molecule has 0 spiro atoms. The zero-order valence-electron chi connectivity index (χ0n) is 19.6. The number of carbonyl (C=O) groups excluding carboxylic acids is 1. The SMILES string of the molecule is CC1CCC(CN(c2ncnc(NC[C@@H]3CCN(CC(N)=O)C[C@H]3C)c2F)C2CC2)CC1. The number of hydrogen-bond donors (Lipinski definition) is 2. The number of rotatable bonds is 9. The maximum absolute atomic E-state index is 15.5. The average molecular weight is 447 g/mol. The van der Waals surface area contributed by atoms with E-state index in [1.807, 2.05) is 0 Å². The van der Waals surface area contributed by atoms with E-state index in [4.69, 9.17) is 5.73 Å². The minimum atomic E-state index is -0.317. The summed E-state index contributed by atoms with van der Waals surface area (Å²) in [6.07, 6.45) is 9.71. The van der Waals surface area contributed by atoms with Crippen LogP contribution < -0.4 is 16.0 Å². The monoisotopic (exact) mass is 446 g/mol. The quantitative estimate of drug-likeness (QED) is 0.605. The second kappa shape index (κ2) is 10.3. The van der Waals surface area contributed by atoms with Crippen molar-refractivity contribution in [1.82, 2.24) is 14.9 Å². The summed E-state index contributed by atoms with van der Waals surface area (Å²) in [6.45, 7) is 8.07. The lowest BCUT2D eigenvalue weighted by molar-refractivity contribution is -0.119. The summed E-state index contributed by atoms with van der Waals surface area (Å²) in [4.78, 5) is 24.1. The molecule has 1 amide bonds. The van der Waals surface area contributed by atoms with Gasteiger partial charge in [-0.15, -0.1) is 0 Å². The molecule has 1 aromatic rings. The summed E-state index contributed by atoms with van der Waals surface area (Å²) in [5, 5.41) is 3.27. The first-order valence-corrected chi connectivity index (χ1v) is 12.4. The fraction of sp³-hybridized carbons (Fsp3) is 0.792. The Morgan fingerprint density at radius 2 is 1.94 bits per heavy atom. The van der Waals surface area contributed by atoms with Gasteiger partial charge in [-0.25, -0.2) is 9.97 Å². The van der Waals surface area contributed by atoms with Crippen molar-refractivity contribution < 1.29 is 9.18 Å². The summed E-state index contributed by atoms with van der Waals surface area (Å²) >= 11 is 0. The predicted molar refractivity (Wildman–Crippen MR) is 125 cm³/mol. The fourth-order valence-electron chi connectivity index (χ4n) is 5.44. The number of anilines is 2. The van der Waals surface area contributed by atoms with Crippen LogP contribution in [0.2, 0.25) is 0 Å². The van der Waals surface area contributed by atoms with Crippen molar-refractivity contribution in [3.8, 4) is 0 Å². The Balaban J connectivity index is 1.37. The lowest BCUT2D eigenvalue weighted by atomic mass is 9.83. The second-order valence-corrected chi connectivity index (χ2v) is 10.5. The molecular formula is C24H39FN6O. The molecule has 0 radical (unpaired) electrons. The molecule has 7 nitrogen and oxygen atoms in total. The Labute approximate surface area is 191 Å². The average Bonchev–Trinajstić information content (AvgIpc) is 3.59. The number of primary amides is 1. The molecule has 1 aliphatic heterocycles. The van der Waals surface area contributed by atoms with E-state index in [1.54, 1.807) is 0 Å². The number of piperidine rings is 1. The molecule has 8 heteroatoms. The van der Waals surface area contributed by atoms with Gasteiger partial charge in [-0.2, -0.15) is 4.39 Å². The predicted octanol–water partition coefficient (Wildman–Crippen LogP) is 3.27. The Hall–Kier alpha value is -1.96. The number of halogens is 1. The maximum atomic E-state index is 15.5. The second-order valence-electron chi connectivity index (χ2n) is 10.5. The third-order valence-corrected chi connectivity index (χ3v) is 7.70. The number of nitrogens with two attached hydrogens (primary N) is 1. The molecule has 2 saturated carbocycles. The summed E-state index contributed by atoms with van der Waals surface area (Å²) in [5.74, 6) is 2.42. The van der Waals surface area contributed by atoms with Crippen molar-refractivity contribution in [2.45, 2.75) is 64.8 Å². The van der Waals surface area contributed by atoms with E-state index in [2.05, 4.69) is 38.9 Å². The molecule has 178 valence electrons. The van der Waals surface area contributed by atoms with Gasteiger partial charge >= 0.3 is 0 Å². The van der Waals surface area contributed by atoms with E-state index < -0.39 is 0 Å². The lowest BCUT2D eigenvalue weighted by Gasteiger charge is -2.36. The van der Waals surface area contributed by atoms with Gasteiger partial charge in [-0.05, 0) is 62.3 Å². The summed E-state index contributed by atoms with van der Waals surface area (Å²) in [7, 11) is 0. The number of likely N-dealkylation sites (tertiary alicyclic amines) is 1. The van der Waals surface area contributed by atoms with Crippen LogP contribution in [-0.4, -0.2) is 59.5 Å². The third kappa shape index (κ3) is 5.88. The van der Waals surface area contributed by atoms with E-state index >= 15 is 4.39 Å². The number of nitrogens with zero attached hydrogens (tertiary/aromatic N) is 4. The molecule has 3 aliphatic rings. The highest BCUT2D eigenvalue weighted by molar-refractivity contribution is 5.75. The van der Waals surface area contributed by atoms with Crippen molar-refractivity contribution in [1.29, 1.82) is 0 Å². The number of aromatic nitrogens is 2. The van der Waals surface area contributed by atoms with Gasteiger partial charge in [0, 0.05) is 25.7 Å². The van der Waals surface area contributed by atoms with Crippen molar-refractivity contribution >= 4 is 17.5 Å². The standard InChI is InChI=1S/C24H39FN6O/c1-16-3-5-18(6-4-16)13-31(20-7-8-20)24-22(25)23(28-15-29-24)27-11-19-9-10-30(12-17(19)2)14-21(26)32/h15-20H,3-14H2,1-2H3,(H2,26,32)(H,27,28,29)/t16?,17-,18?,19+/m1/s1. The third-order valence-electron chi connectivity index (χ3n) is 7.70. The van der Waals surface area contributed by atoms with Crippen molar-refractivity contribution in [3.63, 3.8) is 0 Å². The van der Waals surface area contributed by atoms with E-state index in [0.717, 1.165) is 44.8 Å². The summed E-state index contributed by atoms with van der Waals surface area (Å²) in [5.41, 5.74) is 5.33. The maximum Gasteiger partial charge on any atom is 0.231 e. The summed E-state index contributed by atoms with van der Waals surface area (Å²) in [6, 6.07) is 0.418. The zero-order chi connectivity index (χ0) is 22.7. The highest BCUT2D eigenvalue weighted by atomic mass is 19.1. The zero-order valence-corrected chi connectivity index (χ0v) is 19.6. The first-order valence-electron chi connectivity index (χ1n) is 12.4. The van der Waals surface area contributed by atoms with Gasteiger partial charge < -0.3 is 16.0 Å². The van der Waals surface area contributed by atoms with Crippen LogP contribution in [0.15, 0.2) is 6.33 Å². The van der Waals surface area contributed by atoms with Gasteiger partial charge in [0.05, 0.1) is 6.54 Å². The van der Waals surface area contributed by atoms with Gasteiger partial charge in [0.25, 0.3) is 0 Å². The molecule has 32 heavy (non-hydrogen) atoms. The van der Waals surface area contributed by atoms with Crippen LogP contribution >= 0.6 is 0 Å². The van der Waals surface area contributed by atoms with Crippen molar-refractivity contribution in [2.75, 3.05) is 42.9 Å². The Morgan fingerprint density at radius 3 is 2.59 bits per heavy atom. The minimum Gasteiger partial charge on any atom is -0.369 e. The smallest absolute Gasteiger partial charge is 0.231 e. The van der Waals surface area contributed by atoms with E-state index in [9.17, 15) is 4.79 Å². The van der Waals surface area contributed by atoms with Crippen LogP contribution in [0.3, 0.4) is 0 Å². The van der Waals surface area contributed by atoms with Crippen LogP contribution in [0.25, 0.3) is 0 Å². The van der Waals surface area contributed by atoms with Crippen LogP contribution in [-0.2, 0) is 4.79 Å². The molecule has 2 aliphatic carbocycles. The molecule has 1 saturated heterocycles. The van der Waals surface area contributed by atoms with E-state index in [-0.39, 0.29) is 11.7 Å². The van der Waals surface area contributed by atoms with Crippen molar-refractivity contribution in [2.24, 2.45) is 29.4 Å². The molecule has 2 heterocycles. The van der Waals surface area contributed by atoms with Gasteiger partial charge in [0.2, 0.25) is 11.7 Å². The Kier molecular flexibility index (Phi) is 7.48. The molecule has 0 aromatic carbocycles. The normalized spacial score (nSPS) is 29.0. The van der Waals surface area contributed by atoms with Crippen molar-refractivity contribution in [3.05, 3.63) is 12.1 Å². The van der Waals surface area contributed by atoms with Gasteiger partial charge in [0.15, 0.2) is 11.6 Å². The molecular weight excluding hydrogens is 407 g/mol. The molecule has 1 aromatic heterocycles. The molecule has 0 bridgehead atoms. The number of carbonyl (C=O) groups is 1. The van der Waals surface area contributed by atoms with Crippen LogP contribution in [0.5, 0.6) is 0 Å². The largest absolute Gasteiger partial charge is 0.369 e. The Morgan fingerprint density at radius 1 is 1.19 bits per heavy atom. The molecule has 3 fully saturated rings. The first-order chi connectivity index (χ1) is 15.4. The molecule has 3 N–H and O–H groups in total. The first kappa shape index (κ1) is 23.2. The lowest BCUT2D eigenvalue weighted by Crippen LogP contribution is -2.45. The highest BCUT2D eigenvalue weighted by Crippen LogP contribution is 2.37. The van der Waals surface area contributed by atoms with Gasteiger partial charge in [-0.3, -0.25) is 9.69 Å². The van der Waals surface area contributed by atoms with E-state index in [1.165, 1.54) is 32.0 Å². The molecule has 4 rings (SSSR count).